The smallest absolute Gasteiger partial charge is 0.262 e. The van der Waals surface area contributed by atoms with Crippen molar-refractivity contribution in [3.63, 3.8) is 0 Å². The third-order valence-electron chi connectivity index (χ3n) is 7.55. The molecule has 2 N–H and O–H groups in total. The molecule has 0 aliphatic carbocycles. The zero-order valence-corrected chi connectivity index (χ0v) is 25.0. The first-order chi connectivity index (χ1) is 20.9. The van der Waals surface area contributed by atoms with E-state index in [1.165, 1.54) is 0 Å². The number of thiocarbonyl (C=S) groups is 1. The maximum Gasteiger partial charge on any atom is 0.262 e. The fourth-order valence-corrected chi connectivity index (χ4v) is 5.89. The summed E-state index contributed by atoms with van der Waals surface area (Å²) in [6.45, 7) is 6.17. The third-order valence-corrected chi connectivity index (χ3v) is 7.87. The second kappa shape index (κ2) is 12.1. The van der Waals surface area contributed by atoms with Crippen molar-refractivity contribution in [1.29, 1.82) is 0 Å². The van der Waals surface area contributed by atoms with Crippen LogP contribution < -0.4 is 20.3 Å². The van der Waals surface area contributed by atoms with Gasteiger partial charge in [0.25, 0.3) is 5.91 Å². The van der Waals surface area contributed by atoms with Gasteiger partial charge in [0.2, 0.25) is 0 Å². The highest BCUT2D eigenvalue weighted by atomic mass is 32.1. The van der Waals surface area contributed by atoms with Gasteiger partial charge in [-0.15, -0.1) is 0 Å². The molecule has 5 aromatic rings. The first-order valence-corrected chi connectivity index (χ1v) is 14.5. The molecule has 9 heteroatoms. The van der Waals surface area contributed by atoms with E-state index in [0.717, 1.165) is 39.7 Å². The van der Waals surface area contributed by atoms with E-state index in [-0.39, 0.29) is 24.6 Å². The van der Waals surface area contributed by atoms with Crippen LogP contribution in [0.15, 0.2) is 103 Å². The lowest BCUT2D eigenvalue weighted by Gasteiger charge is -2.28. The van der Waals surface area contributed by atoms with E-state index in [9.17, 15) is 4.79 Å². The summed E-state index contributed by atoms with van der Waals surface area (Å²) < 4.78 is 7.76. The second-order valence-corrected chi connectivity index (χ2v) is 10.9. The fraction of sp³-hybridized carbons (Fsp3) is 0.176. The van der Waals surface area contributed by atoms with Crippen LogP contribution in [0.25, 0.3) is 5.82 Å². The van der Waals surface area contributed by atoms with Gasteiger partial charge < -0.3 is 24.8 Å². The predicted octanol–water partition coefficient (Wildman–Crippen LogP) is 6.39. The summed E-state index contributed by atoms with van der Waals surface area (Å²) >= 11 is 5.93. The maximum atomic E-state index is 12.5. The summed E-state index contributed by atoms with van der Waals surface area (Å²) in [6, 6.07) is 28.9. The molecule has 0 saturated carbocycles. The molecule has 1 aliphatic heterocycles. The lowest BCUT2D eigenvalue weighted by molar-refractivity contribution is -0.118. The normalized spacial score (nSPS) is 16.2. The topological polar surface area (TPSA) is 84.3 Å². The lowest BCUT2D eigenvalue weighted by atomic mass is 9.96. The number of rotatable bonds is 8. The number of aromatic nitrogens is 3. The number of aryl methyl sites for hydroxylation is 2. The Labute approximate surface area is 256 Å². The summed E-state index contributed by atoms with van der Waals surface area (Å²) in [5.41, 5.74) is 6.87. The van der Waals surface area contributed by atoms with Crippen molar-refractivity contribution in [1.82, 2.24) is 19.9 Å². The molecule has 1 fully saturated rings. The summed E-state index contributed by atoms with van der Waals surface area (Å²) in [7, 11) is 0. The van der Waals surface area contributed by atoms with E-state index in [1.807, 2.05) is 92.0 Å². The van der Waals surface area contributed by atoms with Crippen molar-refractivity contribution in [2.75, 3.05) is 16.8 Å². The van der Waals surface area contributed by atoms with Gasteiger partial charge in [0.1, 0.15) is 11.6 Å². The van der Waals surface area contributed by atoms with Crippen molar-refractivity contribution in [3.05, 3.63) is 132 Å². The molecule has 2 aromatic carbocycles. The number of pyridine rings is 2. The van der Waals surface area contributed by atoms with Gasteiger partial charge in [-0.3, -0.25) is 9.78 Å². The molecule has 1 aliphatic rings. The number of para-hydroxylation sites is 1. The van der Waals surface area contributed by atoms with Gasteiger partial charge >= 0.3 is 0 Å². The molecule has 0 radical (unpaired) electrons. The van der Waals surface area contributed by atoms with E-state index >= 15 is 0 Å². The Balaban J connectivity index is 1.30. The fourth-order valence-electron chi connectivity index (χ4n) is 5.55. The van der Waals surface area contributed by atoms with Crippen LogP contribution in [0.4, 0.5) is 11.4 Å². The zero-order chi connectivity index (χ0) is 29.9. The van der Waals surface area contributed by atoms with Crippen molar-refractivity contribution in [2.24, 2.45) is 0 Å². The summed E-state index contributed by atoms with van der Waals surface area (Å²) in [4.78, 5) is 24.0. The predicted molar refractivity (Wildman–Crippen MR) is 173 cm³/mol. The maximum absolute atomic E-state index is 12.5. The molecule has 2 atom stereocenters. The van der Waals surface area contributed by atoms with Gasteiger partial charge in [-0.1, -0.05) is 30.3 Å². The molecular weight excluding hydrogens is 556 g/mol. The van der Waals surface area contributed by atoms with Gasteiger partial charge in [-0.05, 0) is 105 Å². The number of carbonyl (C=O) groups is 1. The molecule has 6 rings (SSSR count). The number of hydrogen-bond acceptors (Lipinski definition) is 5. The van der Waals surface area contributed by atoms with E-state index in [2.05, 4.69) is 51.1 Å². The van der Waals surface area contributed by atoms with Crippen LogP contribution in [-0.2, 0) is 4.79 Å². The first kappa shape index (κ1) is 28.1. The van der Waals surface area contributed by atoms with Crippen LogP contribution in [0.5, 0.6) is 5.75 Å². The highest BCUT2D eigenvalue weighted by molar-refractivity contribution is 7.80. The van der Waals surface area contributed by atoms with Gasteiger partial charge in [0.05, 0.1) is 17.8 Å². The molecule has 1 amide bonds. The first-order valence-electron chi connectivity index (χ1n) is 14.1. The number of benzene rings is 2. The van der Waals surface area contributed by atoms with E-state index in [4.69, 9.17) is 21.9 Å². The van der Waals surface area contributed by atoms with Crippen molar-refractivity contribution < 1.29 is 9.53 Å². The largest absolute Gasteiger partial charge is 0.484 e. The van der Waals surface area contributed by atoms with E-state index < -0.39 is 0 Å². The summed E-state index contributed by atoms with van der Waals surface area (Å²) in [5, 5.41) is 7.05. The second-order valence-electron chi connectivity index (χ2n) is 10.5. The number of anilines is 2. The lowest BCUT2D eigenvalue weighted by Crippen LogP contribution is -2.29. The van der Waals surface area contributed by atoms with Gasteiger partial charge in [-0.25, -0.2) is 4.98 Å². The average Bonchev–Trinajstić information content (AvgIpc) is 3.52. The molecule has 4 heterocycles. The molecule has 0 bridgehead atoms. The number of nitrogens with zero attached hydrogens (tertiary/aromatic N) is 4. The van der Waals surface area contributed by atoms with Crippen LogP contribution in [0.1, 0.15) is 40.3 Å². The number of amides is 1. The van der Waals surface area contributed by atoms with Gasteiger partial charge in [-0.2, -0.15) is 0 Å². The standard InChI is InChI=1S/C34H32N6O2S/c1-22-12-17-30(36-20-22)39-23(2)19-28(24(39)3)33-32(29-11-7-8-18-35-29)38-34(43)40(33)26-15-13-25(14-16-26)37-31(41)21-42-27-9-5-4-6-10-27/h4-20,32-33H,21H2,1-3H3,(H,37,41)(H,38,43)/t32-,33-/m1/s1. The monoisotopic (exact) mass is 588 g/mol. The van der Waals surface area contributed by atoms with Crippen LogP contribution in [0, 0.1) is 20.8 Å². The number of nitrogens with one attached hydrogen (secondary N) is 2. The van der Waals surface area contributed by atoms with Gasteiger partial charge in [0.15, 0.2) is 11.7 Å². The highest BCUT2D eigenvalue weighted by Gasteiger charge is 2.42. The molecule has 43 heavy (non-hydrogen) atoms. The van der Waals surface area contributed by atoms with Crippen molar-refractivity contribution in [2.45, 2.75) is 32.9 Å². The summed E-state index contributed by atoms with van der Waals surface area (Å²) in [5.74, 6) is 1.28. The molecule has 1 saturated heterocycles. The molecule has 216 valence electrons. The Morgan fingerprint density at radius 3 is 2.42 bits per heavy atom. The zero-order valence-electron chi connectivity index (χ0n) is 24.2. The van der Waals surface area contributed by atoms with Crippen molar-refractivity contribution >= 4 is 34.6 Å². The Morgan fingerprint density at radius 1 is 0.953 bits per heavy atom. The minimum Gasteiger partial charge on any atom is -0.484 e. The number of hydrogen-bond donors (Lipinski definition) is 2. The molecule has 0 unspecified atom stereocenters. The van der Waals surface area contributed by atoms with E-state index in [0.29, 0.717) is 16.5 Å². The highest BCUT2D eigenvalue weighted by Crippen LogP contribution is 2.43. The minimum atomic E-state index is -0.236. The molecule has 0 spiro atoms. The quantitative estimate of drug-likeness (QED) is 0.203. The Morgan fingerprint density at radius 2 is 1.72 bits per heavy atom. The van der Waals surface area contributed by atoms with E-state index in [1.54, 1.807) is 6.20 Å². The number of ether oxygens (including phenoxy) is 1. The van der Waals surface area contributed by atoms with Crippen LogP contribution in [0.2, 0.25) is 0 Å². The average molecular weight is 589 g/mol. The summed E-state index contributed by atoms with van der Waals surface area (Å²) in [6.07, 6.45) is 3.69. The molecular formula is C34H32N6O2S. The Kier molecular flexibility index (Phi) is 7.89. The SMILES string of the molecule is Cc1ccc(-n2c(C)cc([C@@H]3[C@@H](c4ccccn4)NC(=S)N3c3ccc(NC(=O)COc4ccccc4)cc3)c2C)nc1. The van der Waals surface area contributed by atoms with Crippen LogP contribution in [0.3, 0.4) is 0 Å². The third kappa shape index (κ3) is 5.85. The number of carbonyl (C=O) groups excluding carboxylic acids is 1. The van der Waals surface area contributed by atoms with Gasteiger partial charge in [0, 0.05) is 35.2 Å². The van der Waals surface area contributed by atoms with Crippen LogP contribution in [-0.4, -0.2) is 32.2 Å². The Bertz CT molecular complexity index is 1740. The minimum absolute atomic E-state index is 0.0782. The molecule has 8 nitrogen and oxygen atoms in total. The van der Waals surface area contributed by atoms with Crippen LogP contribution >= 0.6 is 12.2 Å². The van der Waals surface area contributed by atoms with Crippen molar-refractivity contribution in [3.8, 4) is 11.6 Å². The molecule has 3 aromatic heterocycles. The Hall–Kier alpha value is -5.02.